The van der Waals surface area contributed by atoms with E-state index in [1.165, 1.54) is 11.8 Å². The maximum atomic E-state index is 11.0. The summed E-state index contributed by atoms with van der Waals surface area (Å²) in [5.74, 6) is -0.408. The first-order chi connectivity index (χ1) is 12.9. The summed E-state index contributed by atoms with van der Waals surface area (Å²) in [4.78, 5) is 25.4. The summed E-state index contributed by atoms with van der Waals surface area (Å²) in [5, 5.41) is 20.8. The predicted octanol–water partition coefficient (Wildman–Crippen LogP) is -0.371. The fourth-order valence-electron chi connectivity index (χ4n) is 3.38. The highest BCUT2D eigenvalue weighted by molar-refractivity contribution is 5.81. The number of nitrogens with zero attached hydrogens (tertiary/aromatic N) is 5. The monoisotopic (exact) mass is 378 g/mol. The number of likely N-dealkylation sites (N-methyl/N-ethyl adjacent to an activating group) is 1. The van der Waals surface area contributed by atoms with Crippen LogP contribution in [0.3, 0.4) is 0 Å². The van der Waals surface area contributed by atoms with Gasteiger partial charge in [-0.25, -0.2) is 15.0 Å². The molecule has 3 rings (SSSR count). The lowest BCUT2D eigenvalue weighted by atomic mass is 10.0. The first kappa shape index (κ1) is 19.4. The van der Waals surface area contributed by atoms with Gasteiger partial charge in [0.1, 0.15) is 18.1 Å². The van der Waals surface area contributed by atoms with Gasteiger partial charge >= 0.3 is 0 Å². The number of hydrogen-bond acceptors (Lipinski definition) is 9. The molecule has 2 aromatic heterocycles. The fraction of sp³-hybridized carbons (Fsp3) is 0.625. The van der Waals surface area contributed by atoms with Crippen molar-refractivity contribution in [1.29, 1.82) is 0 Å². The van der Waals surface area contributed by atoms with Crippen molar-refractivity contribution >= 4 is 22.9 Å². The molecule has 11 nitrogen and oxygen atoms in total. The van der Waals surface area contributed by atoms with Gasteiger partial charge < -0.3 is 31.2 Å². The third-order valence-electron chi connectivity index (χ3n) is 4.89. The lowest BCUT2D eigenvalue weighted by Gasteiger charge is -2.23. The van der Waals surface area contributed by atoms with Gasteiger partial charge in [-0.05, 0) is 20.0 Å². The molecule has 4 atom stereocenters. The summed E-state index contributed by atoms with van der Waals surface area (Å²) >= 11 is 0. The van der Waals surface area contributed by atoms with Crippen LogP contribution in [0.1, 0.15) is 26.0 Å². The van der Waals surface area contributed by atoms with E-state index in [1.54, 1.807) is 10.9 Å². The number of aliphatic hydroxyl groups excluding tert-OH is 1. The van der Waals surface area contributed by atoms with Gasteiger partial charge in [0.15, 0.2) is 11.5 Å². The number of rotatable bonds is 7. The van der Waals surface area contributed by atoms with E-state index >= 15 is 0 Å². The number of anilines is 1. The normalized spacial score (nSPS) is 25.4. The van der Waals surface area contributed by atoms with Crippen LogP contribution >= 0.6 is 0 Å². The quantitative estimate of drug-likeness (QED) is 0.547. The Bertz CT molecular complexity index is 798. The Morgan fingerprint density at radius 1 is 1.48 bits per heavy atom. The highest BCUT2D eigenvalue weighted by Gasteiger charge is 2.42. The molecule has 0 bridgehead atoms. The van der Waals surface area contributed by atoms with E-state index in [9.17, 15) is 15.1 Å². The van der Waals surface area contributed by atoms with Crippen LogP contribution in [0.2, 0.25) is 0 Å². The highest BCUT2D eigenvalue weighted by atomic mass is 16.5. The zero-order valence-electron chi connectivity index (χ0n) is 15.3. The second-order valence-corrected chi connectivity index (χ2v) is 6.89. The van der Waals surface area contributed by atoms with Crippen molar-refractivity contribution in [1.82, 2.24) is 29.9 Å². The second kappa shape index (κ2) is 8.13. The number of hydroxylamine groups is 1. The summed E-state index contributed by atoms with van der Waals surface area (Å²) in [7, 11) is 1.88. The van der Waals surface area contributed by atoms with Crippen molar-refractivity contribution in [2.24, 2.45) is 5.92 Å². The van der Waals surface area contributed by atoms with E-state index in [4.69, 9.17) is 10.5 Å². The number of ether oxygens (including phenoxy) is 1. The molecule has 0 aliphatic carbocycles. The van der Waals surface area contributed by atoms with Crippen molar-refractivity contribution in [2.45, 2.75) is 38.2 Å². The number of nitrogens with one attached hydrogen (secondary N) is 1. The molecule has 2 aromatic rings. The molecule has 0 aromatic carbocycles. The molecular formula is C16H24N7O4-. The maximum absolute atomic E-state index is 11.0. The molecule has 1 aliphatic heterocycles. The molecule has 1 amide bonds. The standard InChI is InChI=1S/C16H24N7O4/c1-9-13(25)10(6-22(2)5-3-4-11(24)21-26)27-16(9)23-8-20-12-14(17)18-7-19-15(12)23/h7-10,13,16,25H,3-6H2,1-2H3,(H3-,17,18,19,21,24,26)/q-1/t9?,10?,13-,16?/m0/s1. The van der Waals surface area contributed by atoms with Crippen LogP contribution < -0.4 is 11.2 Å². The van der Waals surface area contributed by atoms with Crippen LogP contribution in [0.25, 0.3) is 11.2 Å². The topological polar surface area (TPSA) is 154 Å². The third kappa shape index (κ3) is 4.00. The van der Waals surface area contributed by atoms with Crippen LogP contribution in [0.15, 0.2) is 12.7 Å². The summed E-state index contributed by atoms with van der Waals surface area (Å²) in [6.07, 6.45) is 2.19. The van der Waals surface area contributed by atoms with E-state index < -0.39 is 24.3 Å². The summed E-state index contributed by atoms with van der Waals surface area (Å²) in [6.45, 7) is 3.01. The van der Waals surface area contributed by atoms with Crippen molar-refractivity contribution in [3.8, 4) is 0 Å². The Balaban J connectivity index is 1.65. The Kier molecular flexibility index (Phi) is 5.85. The molecule has 0 saturated carbocycles. The second-order valence-electron chi connectivity index (χ2n) is 6.89. The molecule has 11 heteroatoms. The minimum Gasteiger partial charge on any atom is -0.759 e. The van der Waals surface area contributed by atoms with Gasteiger partial charge in [-0.15, -0.1) is 0 Å². The van der Waals surface area contributed by atoms with Crippen LogP contribution in [0.5, 0.6) is 0 Å². The zero-order chi connectivity index (χ0) is 19.6. The lowest BCUT2D eigenvalue weighted by molar-refractivity contribution is -0.120. The first-order valence-electron chi connectivity index (χ1n) is 8.78. The summed E-state index contributed by atoms with van der Waals surface area (Å²) < 4.78 is 7.86. The minimum absolute atomic E-state index is 0.170. The lowest BCUT2D eigenvalue weighted by Crippen LogP contribution is -2.37. The summed E-state index contributed by atoms with van der Waals surface area (Å²) in [5.41, 5.74) is 8.25. The van der Waals surface area contributed by atoms with Gasteiger partial charge in [0.2, 0.25) is 5.91 Å². The van der Waals surface area contributed by atoms with Gasteiger partial charge in [0.05, 0.1) is 18.5 Å². The third-order valence-corrected chi connectivity index (χ3v) is 4.89. The molecule has 27 heavy (non-hydrogen) atoms. The smallest absolute Gasteiger partial charge is 0.209 e. The molecule has 1 aliphatic rings. The Morgan fingerprint density at radius 2 is 2.26 bits per heavy atom. The van der Waals surface area contributed by atoms with E-state index in [1.807, 2.05) is 18.9 Å². The Morgan fingerprint density at radius 3 is 3.00 bits per heavy atom. The molecule has 0 spiro atoms. The molecule has 1 fully saturated rings. The van der Waals surface area contributed by atoms with Crippen molar-refractivity contribution in [2.75, 3.05) is 25.9 Å². The number of hydrogen-bond donors (Lipinski definition) is 3. The van der Waals surface area contributed by atoms with Gasteiger partial charge in [-0.3, -0.25) is 9.36 Å². The molecule has 4 N–H and O–H groups in total. The van der Waals surface area contributed by atoms with Crippen LogP contribution in [0, 0.1) is 11.1 Å². The minimum atomic E-state index is -0.668. The largest absolute Gasteiger partial charge is 0.759 e. The maximum Gasteiger partial charge on any atom is 0.209 e. The summed E-state index contributed by atoms with van der Waals surface area (Å²) in [6, 6.07) is 0. The first-order valence-corrected chi connectivity index (χ1v) is 8.78. The van der Waals surface area contributed by atoms with Crippen molar-refractivity contribution in [3.63, 3.8) is 0 Å². The van der Waals surface area contributed by atoms with Crippen LogP contribution in [0.4, 0.5) is 5.82 Å². The van der Waals surface area contributed by atoms with Gasteiger partial charge in [-0.2, -0.15) is 0 Å². The van der Waals surface area contributed by atoms with Crippen molar-refractivity contribution < 1.29 is 14.6 Å². The van der Waals surface area contributed by atoms with Gasteiger partial charge in [0.25, 0.3) is 0 Å². The van der Waals surface area contributed by atoms with Crippen LogP contribution in [-0.4, -0.2) is 67.8 Å². The number of amides is 1. The van der Waals surface area contributed by atoms with Crippen molar-refractivity contribution in [3.05, 3.63) is 17.9 Å². The molecule has 1 saturated heterocycles. The Hall–Kier alpha value is -2.34. The predicted molar refractivity (Wildman–Crippen MR) is 97.1 cm³/mol. The van der Waals surface area contributed by atoms with E-state index in [0.717, 1.165) is 0 Å². The number of nitrogens with two attached hydrogens (primary N) is 1. The highest BCUT2D eigenvalue weighted by Crippen LogP contribution is 2.36. The number of carbonyl (C=O) groups is 1. The molecule has 0 radical (unpaired) electrons. The van der Waals surface area contributed by atoms with Crippen LogP contribution in [-0.2, 0) is 9.53 Å². The van der Waals surface area contributed by atoms with E-state index in [0.29, 0.717) is 36.5 Å². The molecule has 148 valence electrons. The zero-order valence-corrected chi connectivity index (χ0v) is 15.3. The van der Waals surface area contributed by atoms with E-state index in [-0.39, 0.29) is 12.3 Å². The molecule has 3 heterocycles. The number of nitrogen functional groups attached to an aromatic ring is 1. The average Bonchev–Trinajstić information content (AvgIpc) is 3.19. The number of imidazole rings is 1. The van der Waals surface area contributed by atoms with Gasteiger partial charge in [0, 0.05) is 18.9 Å². The average molecular weight is 378 g/mol. The molecule has 3 unspecified atom stereocenters. The number of fused-ring (bicyclic) bond motifs is 1. The Labute approximate surface area is 156 Å². The number of aliphatic hydroxyl groups is 1. The number of aromatic nitrogens is 4. The SMILES string of the molecule is CC1C(n2cnc3c(N)ncnc32)OC(CN(C)CCCC(=O)N[O-])[C@H]1O. The molecular weight excluding hydrogens is 354 g/mol. The van der Waals surface area contributed by atoms with E-state index in [2.05, 4.69) is 15.0 Å². The fourth-order valence-corrected chi connectivity index (χ4v) is 3.38. The van der Waals surface area contributed by atoms with Gasteiger partial charge in [-0.1, -0.05) is 6.92 Å². The number of carbonyl (C=O) groups excluding carboxylic acids is 1.